The normalized spacial score (nSPS) is 12.4. The maximum Gasteiger partial charge on any atom is 0.261 e. The van der Waals surface area contributed by atoms with E-state index >= 15 is 0 Å². The number of fused-ring (bicyclic) bond motifs is 2. The van der Waals surface area contributed by atoms with E-state index in [-0.39, 0.29) is 23.0 Å². The molecule has 2 N–H and O–H groups in total. The predicted molar refractivity (Wildman–Crippen MR) is 193 cm³/mol. The minimum absolute atomic E-state index is 0.00942. The first-order valence-corrected chi connectivity index (χ1v) is 17.2. The third-order valence-corrected chi connectivity index (χ3v) is 8.77. The number of nitrogens with zero attached hydrogens (tertiary/aromatic N) is 2. The van der Waals surface area contributed by atoms with Gasteiger partial charge in [0, 0.05) is 18.1 Å². The summed E-state index contributed by atoms with van der Waals surface area (Å²) >= 11 is 5.95. The molecule has 0 saturated heterocycles. The number of carbonyl (C=O) groups excluding carboxylic acids is 2. The van der Waals surface area contributed by atoms with Crippen molar-refractivity contribution in [3.8, 4) is 23.0 Å². The van der Waals surface area contributed by atoms with E-state index in [0.29, 0.717) is 70.7 Å². The van der Waals surface area contributed by atoms with E-state index in [2.05, 4.69) is 20.6 Å². The van der Waals surface area contributed by atoms with Crippen molar-refractivity contribution in [3.05, 3.63) is 107 Å². The summed E-state index contributed by atoms with van der Waals surface area (Å²) in [5, 5.41) is 6.02. The van der Waals surface area contributed by atoms with Crippen molar-refractivity contribution in [1.29, 1.82) is 0 Å². The number of hydrogen-bond donors (Lipinski definition) is 2. The number of methoxy groups -OCH3 is 1. The Labute approximate surface area is 300 Å². The topological polar surface area (TPSA) is 121 Å². The smallest absolute Gasteiger partial charge is 0.261 e. The number of imide groups is 1. The van der Waals surface area contributed by atoms with Crippen molar-refractivity contribution in [2.75, 3.05) is 32.2 Å². The first kappa shape index (κ1) is 35.6. The molecule has 5 aromatic rings. The molecule has 0 aliphatic carbocycles. The van der Waals surface area contributed by atoms with Gasteiger partial charge in [0.05, 0.1) is 41.9 Å². The van der Waals surface area contributed by atoms with E-state index < -0.39 is 11.7 Å². The molecule has 0 bridgehead atoms. The van der Waals surface area contributed by atoms with Gasteiger partial charge in [0.25, 0.3) is 5.91 Å². The summed E-state index contributed by atoms with van der Waals surface area (Å²) in [6.07, 6.45) is 7.53. The zero-order valence-electron chi connectivity index (χ0n) is 28.2. The number of aromatic nitrogens is 2. The van der Waals surface area contributed by atoms with Gasteiger partial charge in [0.2, 0.25) is 5.91 Å². The highest BCUT2D eigenvalue weighted by Crippen LogP contribution is 2.36. The van der Waals surface area contributed by atoms with Gasteiger partial charge in [-0.05, 0) is 60.7 Å². The number of carbonyl (C=O) groups is 2. The van der Waals surface area contributed by atoms with E-state index in [9.17, 15) is 14.0 Å². The average molecular weight is 713 g/mol. The van der Waals surface area contributed by atoms with E-state index in [1.807, 2.05) is 24.3 Å². The van der Waals surface area contributed by atoms with Gasteiger partial charge < -0.3 is 24.3 Å². The number of rotatable bonds is 17. The fourth-order valence-corrected chi connectivity index (χ4v) is 6.10. The minimum Gasteiger partial charge on any atom is -0.493 e. The van der Waals surface area contributed by atoms with Crippen LogP contribution in [-0.2, 0) is 22.4 Å². The summed E-state index contributed by atoms with van der Waals surface area (Å²) in [5.74, 6) is 1.28. The van der Waals surface area contributed by atoms with Crippen LogP contribution in [0.3, 0.4) is 0 Å². The van der Waals surface area contributed by atoms with Gasteiger partial charge in [-0.15, -0.1) is 0 Å². The monoisotopic (exact) mass is 712 g/mol. The third kappa shape index (κ3) is 8.92. The van der Waals surface area contributed by atoms with Crippen LogP contribution in [0.15, 0.2) is 79.1 Å². The molecular weight excluding hydrogens is 675 g/mol. The van der Waals surface area contributed by atoms with Gasteiger partial charge in [0.15, 0.2) is 17.3 Å². The first-order valence-electron chi connectivity index (χ1n) is 16.9. The molecule has 264 valence electrons. The summed E-state index contributed by atoms with van der Waals surface area (Å²) in [5.41, 5.74) is 2.97. The Bertz CT molecular complexity index is 2030. The van der Waals surface area contributed by atoms with Crippen LogP contribution >= 0.6 is 11.6 Å². The van der Waals surface area contributed by atoms with E-state index in [1.54, 1.807) is 49.6 Å². The molecule has 1 aliphatic rings. The number of halogens is 2. The second-order valence-electron chi connectivity index (χ2n) is 12.0. The highest BCUT2D eigenvalue weighted by Gasteiger charge is 2.26. The first-order chi connectivity index (χ1) is 24.9. The molecule has 0 atom stereocenters. The van der Waals surface area contributed by atoms with Gasteiger partial charge in [-0.1, -0.05) is 67.3 Å². The molecule has 0 radical (unpaired) electrons. The van der Waals surface area contributed by atoms with Crippen LogP contribution < -0.4 is 24.8 Å². The highest BCUT2D eigenvalue weighted by molar-refractivity contribution is 6.31. The Hall–Kier alpha value is -5.26. The quantitative estimate of drug-likeness (QED) is 0.0724. The molecule has 0 fully saturated rings. The van der Waals surface area contributed by atoms with Crippen molar-refractivity contribution >= 4 is 45.8 Å². The molecule has 12 heteroatoms. The van der Waals surface area contributed by atoms with Crippen molar-refractivity contribution in [1.82, 2.24) is 15.3 Å². The molecular formula is C39H38ClFN4O6. The van der Waals surface area contributed by atoms with Gasteiger partial charge >= 0.3 is 0 Å². The number of anilines is 2. The molecule has 1 aromatic heterocycles. The predicted octanol–water partition coefficient (Wildman–Crippen LogP) is 8.37. The van der Waals surface area contributed by atoms with Crippen molar-refractivity contribution < 1.29 is 32.9 Å². The Kier molecular flexibility index (Phi) is 11.9. The number of para-hydroxylation sites is 1. The molecule has 2 amide bonds. The second-order valence-corrected chi connectivity index (χ2v) is 12.4. The molecule has 0 saturated carbocycles. The molecule has 4 aromatic carbocycles. The lowest BCUT2D eigenvalue weighted by atomic mass is 9.99. The number of unbranched alkanes of at least 4 members (excludes halogenated alkanes) is 4. The van der Waals surface area contributed by atoms with Crippen LogP contribution in [0.25, 0.3) is 10.9 Å². The molecule has 6 rings (SSSR count). The standard InChI is InChI=1S/C39H38ClFN4O6/c1-48-33-23-30-27(38(43-24-42-30)44-29-15-10-14-28(40)37(29)41)22-34(33)50-20-19-49-18-8-4-2-3-5-11-25-12-6-7-16-31(25)51-32-17-9-13-26-21-35(46)45-39(47)36(26)32/h6-7,9-10,12-17,22-24H,2-5,8,11,18-21H2,1H3,(H,42,43,44)(H,45,46,47). The lowest BCUT2D eigenvalue weighted by Gasteiger charge is -2.19. The van der Waals surface area contributed by atoms with Crippen LogP contribution in [-0.4, -0.2) is 48.7 Å². The van der Waals surface area contributed by atoms with E-state index in [4.69, 9.17) is 30.5 Å². The number of hydrogen-bond acceptors (Lipinski definition) is 9. The van der Waals surface area contributed by atoms with Gasteiger partial charge in [0.1, 0.15) is 30.3 Å². The largest absolute Gasteiger partial charge is 0.493 e. The molecule has 51 heavy (non-hydrogen) atoms. The average Bonchev–Trinajstić information content (AvgIpc) is 3.12. The molecule has 10 nitrogen and oxygen atoms in total. The molecule has 0 spiro atoms. The maximum atomic E-state index is 14.5. The lowest BCUT2D eigenvalue weighted by molar-refractivity contribution is -0.119. The zero-order chi connectivity index (χ0) is 35.6. The number of benzene rings is 4. The van der Waals surface area contributed by atoms with E-state index in [0.717, 1.165) is 44.1 Å². The van der Waals surface area contributed by atoms with Crippen LogP contribution in [0.5, 0.6) is 23.0 Å². The zero-order valence-corrected chi connectivity index (χ0v) is 28.9. The maximum absolute atomic E-state index is 14.5. The van der Waals surface area contributed by atoms with Crippen molar-refractivity contribution in [3.63, 3.8) is 0 Å². The SMILES string of the molecule is COc1cc2ncnc(Nc3cccc(Cl)c3F)c2cc1OCCOCCCCCCCc1ccccc1Oc1cccc2c1C(=O)NC(=O)C2. The molecule has 0 unspecified atom stereocenters. The summed E-state index contributed by atoms with van der Waals surface area (Å²) in [6.45, 7) is 1.35. The Morgan fingerprint density at radius 2 is 1.65 bits per heavy atom. The van der Waals surface area contributed by atoms with Crippen LogP contribution in [0.2, 0.25) is 5.02 Å². The van der Waals surface area contributed by atoms with Crippen molar-refractivity contribution in [2.45, 2.75) is 44.9 Å². The number of nitrogens with one attached hydrogen (secondary N) is 2. The number of aryl methyl sites for hydroxylation is 1. The second kappa shape index (κ2) is 17.1. The number of ether oxygens (including phenoxy) is 4. The fraction of sp³-hybridized carbons (Fsp3) is 0.282. The minimum atomic E-state index is -0.568. The molecule has 1 aliphatic heterocycles. The van der Waals surface area contributed by atoms with Crippen LogP contribution in [0.4, 0.5) is 15.9 Å². The summed E-state index contributed by atoms with van der Waals surface area (Å²) < 4.78 is 38.1. The van der Waals surface area contributed by atoms with E-state index in [1.165, 1.54) is 12.4 Å². The Morgan fingerprint density at radius 1 is 0.843 bits per heavy atom. The summed E-state index contributed by atoms with van der Waals surface area (Å²) in [4.78, 5) is 32.9. The number of amides is 2. The highest BCUT2D eigenvalue weighted by atomic mass is 35.5. The Balaban J connectivity index is 0.913. The fourth-order valence-electron chi connectivity index (χ4n) is 5.93. The summed E-state index contributed by atoms with van der Waals surface area (Å²) in [6, 6.07) is 21.4. The third-order valence-electron chi connectivity index (χ3n) is 8.48. The van der Waals surface area contributed by atoms with Crippen LogP contribution in [0, 0.1) is 5.82 Å². The lowest BCUT2D eigenvalue weighted by Crippen LogP contribution is -2.37. The van der Waals surface area contributed by atoms with Gasteiger partial charge in [-0.2, -0.15) is 0 Å². The van der Waals surface area contributed by atoms with Gasteiger partial charge in [-0.3, -0.25) is 14.9 Å². The Morgan fingerprint density at radius 3 is 2.53 bits per heavy atom. The van der Waals surface area contributed by atoms with Gasteiger partial charge in [-0.25, -0.2) is 14.4 Å². The summed E-state index contributed by atoms with van der Waals surface area (Å²) in [7, 11) is 1.56. The van der Waals surface area contributed by atoms with Crippen LogP contribution in [0.1, 0.15) is 53.6 Å². The van der Waals surface area contributed by atoms with Crippen molar-refractivity contribution in [2.24, 2.45) is 0 Å². The molecule has 2 heterocycles.